The van der Waals surface area contributed by atoms with Crippen LogP contribution < -0.4 is 5.06 Å². The highest BCUT2D eigenvalue weighted by Crippen LogP contribution is 2.37. The zero-order chi connectivity index (χ0) is 12.7. The van der Waals surface area contributed by atoms with Crippen molar-refractivity contribution in [2.45, 2.75) is 13.3 Å². The molecule has 3 rings (SSSR count). The van der Waals surface area contributed by atoms with Gasteiger partial charge >= 0.3 is 0 Å². The molecule has 0 spiro atoms. The lowest BCUT2D eigenvalue weighted by atomic mass is 10.1. The van der Waals surface area contributed by atoms with Crippen molar-refractivity contribution < 1.29 is 10.0 Å². The first-order valence-electron chi connectivity index (χ1n) is 5.87. The minimum Gasteiger partial charge on any atom is -0.281 e. The summed E-state index contributed by atoms with van der Waals surface area (Å²) in [7, 11) is 0. The Kier molecular flexibility index (Phi) is 2.42. The first-order chi connectivity index (χ1) is 8.66. The van der Waals surface area contributed by atoms with E-state index in [4.69, 9.17) is 0 Å². The van der Waals surface area contributed by atoms with Gasteiger partial charge in [-0.3, -0.25) is 10.0 Å². The van der Waals surface area contributed by atoms with E-state index in [0.29, 0.717) is 10.8 Å². The third-order valence-corrected chi connectivity index (χ3v) is 3.32. The van der Waals surface area contributed by atoms with Gasteiger partial charge in [-0.25, -0.2) is 0 Å². The summed E-state index contributed by atoms with van der Waals surface area (Å²) in [6.45, 7) is 1.34. The summed E-state index contributed by atoms with van der Waals surface area (Å²) in [5, 5.41) is 10.3. The van der Waals surface area contributed by atoms with E-state index in [1.165, 1.54) is 23.6 Å². The van der Waals surface area contributed by atoms with Crippen molar-refractivity contribution in [3.8, 4) is 11.1 Å². The van der Waals surface area contributed by atoms with Crippen LogP contribution in [0.3, 0.4) is 0 Å². The van der Waals surface area contributed by atoms with E-state index in [1.54, 1.807) is 6.07 Å². The molecule has 0 heterocycles. The van der Waals surface area contributed by atoms with E-state index in [0.717, 1.165) is 12.0 Å². The second kappa shape index (κ2) is 3.96. The van der Waals surface area contributed by atoms with Gasteiger partial charge in [0.1, 0.15) is 0 Å². The molecule has 2 aromatic rings. The normalized spacial score (nSPS) is 11.9. The molecule has 0 atom stereocenters. The van der Waals surface area contributed by atoms with E-state index in [1.807, 2.05) is 24.3 Å². The molecule has 90 valence electrons. The van der Waals surface area contributed by atoms with E-state index < -0.39 is 0 Å². The number of benzene rings is 2. The molecule has 3 nitrogen and oxygen atoms in total. The van der Waals surface area contributed by atoms with E-state index in [2.05, 4.69) is 12.1 Å². The van der Waals surface area contributed by atoms with Crippen LogP contribution in [0.4, 0.5) is 5.69 Å². The van der Waals surface area contributed by atoms with Crippen molar-refractivity contribution in [3.05, 3.63) is 53.6 Å². The van der Waals surface area contributed by atoms with Gasteiger partial charge in [-0.05, 0) is 40.8 Å². The first-order valence-corrected chi connectivity index (χ1v) is 5.87. The number of nitrogens with zero attached hydrogens (tertiary/aromatic N) is 1. The second-order valence-electron chi connectivity index (χ2n) is 4.51. The molecule has 1 amide bonds. The van der Waals surface area contributed by atoms with Crippen LogP contribution in [-0.4, -0.2) is 11.1 Å². The monoisotopic (exact) mass is 239 g/mol. The van der Waals surface area contributed by atoms with Crippen LogP contribution in [0.5, 0.6) is 0 Å². The largest absolute Gasteiger partial charge is 0.281 e. The maximum absolute atomic E-state index is 11.1. The van der Waals surface area contributed by atoms with Crippen LogP contribution in [0.15, 0.2) is 42.5 Å². The molecule has 0 saturated carbocycles. The van der Waals surface area contributed by atoms with Crippen molar-refractivity contribution in [2.75, 3.05) is 5.06 Å². The van der Waals surface area contributed by atoms with Gasteiger partial charge in [0, 0.05) is 6.92 Å². The third kappa shape index (κ3) is 1.60. The highest BCUT2D eigenvalue weighted by molar-refractivity contribution is 5.90. The summed E-state index contributed by atoms with van der Waals surface area (Å²) in [4.78, 5) is 11.1. The SMILES string of the molecule is CC(=O)N(O)c1ccc2c(c1)Cc1ccccc1-2. The van der Waals surface area contributed by atoms with Gasteiger partial charge in [0.05, 0.1) is 5.69 Å². The van der Waals surface area contributed by atoms with Crippen LogP contribution >= 0.6 is 0 Å². The minimum absolute atomic E-state index is 0.384. The fourth-order valence-electron chi connectivity index (χ4n) is 2.45. The zero-order valence-corrected chi connectivity index (χ0v) is 10.1. The summed E-state index contributed by atoms with van der Waals surface area (Å²) in [5.41, 5.74) is 5.39. The summed E-state index contributed by atoms with van der Waals surface area (Å²) < 4.78 is 0. The summed E-state index contributed by atoms with van der Waals surface area (Å²) in [6.07, 6.45) is 0.852. The Balaban J connectivity index is 2.06. The highest BCUT2D eigenvalue weighted by atomic mass is 16.5. The molecule has 0 aliphatic heterocycles. The maximum atomic E-state index is 11.1. The fourth-order valence-corrected chi connectivity index (χ4v) is 2.45. The second-order valence-corrected chi connectivity index (χ2v) is 4.51. The Bertz CT molecular complexity index is 634. The van der Waals surface area contributed by atoms with Crippen LogP contribution in [0.25, 0.3) is 11.1 Å². The van der Waals surface area contributed by atoms with Crippen molar-refractivity contribution in [3.63, 3.8) is 0 Å². The van der Waals surface area contributed by atoms with Crippen molar-refractivity contribution in [1.82, 2.24) is 0 Å². The third-order valence-electron chi connectivity index (χ3n) is 3.32. The van der Waals surface area contributed by atoms with Gasteiger partial charge in [0.25, 0.3) is 0 Å². The minimum atomic E-state index is -0.384. The number of fused-ring (bicyclic) bond motifs is 3. The number of amides is 1. The van der Waals surface area contributed by atoms with Crippen LogP contribution in [0.1, 0.15) is 18.1 Å². The summed E-state index contributed by atoms with van der Waals surface area (Å²) >= 11 is 0. The lowest BCUT2D eigenvalue weighted by Gasteiger charge is -2.13. The van der Waals surface area contributed by atoms with Gasteiger partial charge in [0.2, 0.25) is 5.91 Å². The first kappa shape index (κ1) is 11.0. The molecule has 0 unspecified atom stereocenters. The number of anilines is 1. The smallest absolute Gasteiger partial charge is 0.247 e. The quantitative estimate of drug-likeness (QED) is 0.524. The number of rotatable bonds is 1. The Morgan fingerprint density at radius 1 is 1.11 bits per heavy atom. The number of hydrogen-bond donors (Lipinski definition) is 1. The zero-order valence-electron chi connectivity index (χ0n) is 10.1. The van der Waals surface area contributed by atoms with Crippen molar-refractivity contribution >= 4 is 11.6 Å². The standard InChI is InChI=1S/C15H13NO2/c1-10(17)16(18)13-6-7-15-12(9-13)8-11-4-2-3-5-14(11)15/h2-7,9,18H,8H2,1H3. The molecule has 3 heteroatoms. The molecule has 18 heavy (non-hydrogen) atoms. The lowest BCUT2D eigenvalue weighted by Crippen LogP contribution is -2.23. The Labute approximate surface area is 105 Å². The Morgan fingerprint density at radius 2 is 1.83 bits per heavy atom. The van der Waals surface area contributed by atoms with Gasteiger partial charge in [-0.2, -0.15) is 5.06 Å². The predicted molar refractivity (Wildman–Crippen MR) is 69.6 cm³/mol. The van der Waals surface area contributed by atoms with E-state index >= 15 is 0 Å². The lowest BCUT2D eigenvalue weighted by molar-refractivity contribution is -0.121. The average Bonchev–Trinajstić information content (AvgIpc) is 2.75. The number of hydrogen-bond acceptors (Lipinski definition) is 2. The van der Waals surface area contributed by atoms with Crippen molar-refractivity contribution in [2.24, 2.45) is 0 Å². The maximum Gasteiger partial charge on any atom is 0.247 e. The van der Waals surface area contributed by atoms with Crippen LogP contribution in [0, 0.1) is 0 Å². The highest BCUT2D eigenvalue weighted by Gasteiger charge is 2.19. The predicted octanol–water partition coefficient (Wildman–Crippen LogP) is 3.00. The van der Waals surface area contributed by atoms with Gasteiger partial charge < -0.3 is 0 Å². The molecular formula is C15H13NO2. The Hall–Kier alpha value is -2.13. The molecule has 0 aromatic heterocycles. The molecule has 1 aliphatic rings. The molecule has 1 aliphatic carbocycles. The van der Waals surface area contributed by atoms with E-state index in [-0.39, 0.29) is 5.91 Å². The molecule has 1 N–H and O–H groups in total. The summed E-state index contributed by atoms with van der Waals surface area (Å²) in [6, 6.07) is 13.9. The molecular weight excluding hydrogens is 226 g/mol. The number of carbonyl (C=O) groups is 1. The molecule has 0 fully saturated rings. The van der Waals surface area contributed by atoms with Gasteiger partial charge in [-0.1, -0.05) is 30.3 Å². The van der Waals surface area contributed by atoms with Crippen LogP contribution in [0.2, 0.25) is 0 Å². The fraction of sp³-hybridized carbons (Fsp3) is 0.133. The molecule has 0 radical (unpaired) electrons. The topological polar surface area (TPSA) is 40.5 Å². The Morgan fingerprint density at radius 3 is 2.61 bits per heavy atom. The van der Waals surface area contributed by atoms with E-state index in [9.17, 15) is 10.0 Å². The number of hydroxylamine groups is 1. The number of carbonyl (C=O) groups excluding carboxylic acids is 1. The van der Waals surface area contributed by atoms with Crippen LogP contribution in [-0.2, 0) is 11.2 Å². The average molecular weight is 239 g/mol. The molecule has 2 aromatic carbocycles. The van der Waals surface area contributed by atoms with Gasteiger partial charge in [-0.15, -0.1) is 0 Å². The van der Waals surface area contributed by atoms with Gasteiger partial charge in [0.15, 0.2) is 0 Å². The van der Waals surface area contributed by atoms with Crippen molar-refractivity contribution in [1.29, 1.82) is 0 Å². The molecule has 0 saturated heterocycles. The summed E-state index contributed by atoms with van der Waals surface area (Å²) in [5.74, 6) is -0.384. The molecule has 0 bridgehead atoms.